The first-order valence-electron chi connectivity index (χ1n) is 9.00. The summed E-state index contributed by atoms with van der Waals surface area (Å²) >= 11 is 0. The topological polar surface area (TPSA) is 92.5 Å². The van der Waals surface area contributed by atoms with E-state index in [9.17, 15) is 18.5 Å². The predicted octanol–water partition coefficient (Wildman–Crippen LogP) is 3.06. The summed E-state index contributed by atoms with van der Waals surface area (Å²) in [7, 11) is -3.48. The van der Waals surface area contributed by atoms with Gasteiger partial charge in [0.15, 0.2) is 0 Å². The van der Waals surface area contributed by atoms with Gasteiger partial charge in [-0.25, -0.2) is 8.42 Å². The number of nitrogens with one attached hydrogen (secondary N) is 1. The van der Waals surface area contributed by atoms with Crippen molar-refractivity contribution in [3.8, 4) is 0 Å². The second kappa shape index (κ2) is 8.60. The Bertz CT molecular complexity index is 891. The number of nitrogens with zero attached hydrogens (tertiary/aromatic N) is 2. The molecule has 1 N–H and O–H groups in total. The van der Waals surface area contributed by atoms with Crippen molar-refractivity contribution in [2.45, 2.75) is 37.2 Å². The number of hydrogen-bond acceptors (Lipinski definition) is 5. The highest BCUT2D eigenvalue weighted by Crippen LogP contribution is 2.23. The fourth-order valence-corrected chi connectivity index (χ4v) is 4.96. The van der Waals surface area contributed by atoms with Crippen LogP contribution in [0, 0.1) is 10.1 Å². The van der Waals surface area contributed by atoms with Gasteiger partial charge in [0.25, 0.3) is 5.69 Å². The molecule has 0 aromatic heterocycles. The summed E-state index contributed by atoms with van der Waals surface area (Å²) in [6, 6.07) is 13.4. The third-order valence-corrected chi connectivity index (χ3v) is 6.70. The smallest absolute Gasteiger partial charge is 0.269 e. The summed E-state index contributed by atoms with van der Waals surface area (Å²) in [5.74, 6) is 0. The Hall–Kier alpha value is -2.29. The zero-order valence-corrected chi connectivity index (χ0v) is 15.8. The summed E-state index contributed by atoms with van der Waals surface area (Å²) in [5.41, 5.74) is 1.68. The summed E-state index contributed by atoms with van der Waals surface area (Å²) in [4.78, 5) is 10.6. The predicted molar refractivity (Wildman–Crippen MR) is 103 cm³/mol. The van der Waals surface area contributed by atoms with Crippen molar-refractivity contribution >= 4 is 15.7 Å². The number of non-ortho nitro benzene ring substituents is 1. The van der Waals surface area contributed by atoms with Gasteiger partial charge in [-0.2, -0.15) is 4.31 Å². The standard InChI is InChI=1S/C19H23N3O4S/c23-22(24)18-10-8-16(9-11-18)14-20-15-17-6-2-3-7-19(17)27(25,26)21-12-4-1-5-13-21/h2-3,6-11,20H,1,4-5,12-15H2. The van der Waals surface area contributed by atoms with Gasteiger partial charge >= 0.3 is 0 Å². The van der Waals surface area contributed by atoms with Crippen molar-refractivity contribution < 1.29 is 13.3 Å². The van der Waals surface area contributed by atoms with Crippen LogP contribution in [0.25, 0.3) is 0 Å². The lowest BCUT2D eigenvalue weighted by molar-refractivity contribution is -0.384. The van der Waals surface area contributed by atoms with Gasteiger partial charge in [0.05, 0.1) is 9.82 Å². The Kier molecular flexibility index (Phi) is 6.20. The summed E-state index contributed by atoms with van der Waals surface area (Å²) in [6.07, 6.45) is 2.88. The number of nitro benzene ring substituents is 1. The van der Waals surface area contributed by atoms with Crippen LogP contribution in [0.1, 0.15) is 30.4 Å². The molecule has 0 radical (unpaired) electrons. The molecule has 3 rings (SSSR count). The van der Waals surface area contributed by atoms with E-state index in [-0.39, 0.29) is 5.69 Å². The zero-order valence-electron chi connectivity index (χ0n) is 15.0. The largest absolute Gasteiger partial charge is 0.309 e. The molecule has 0 atom stereocenters. The monoisotopic (exact) mass is 389 g/mol. The molecule has 8 heteroatoms. The highest BCUT2D eigenvalue weighted by Gasteiger charge is 2.27. The molecule has 1 saturated heterocycles. The van der Waals surface area contributed by atoms with Crippen LogP contribution >= 0.6 is 0 Å². The van der Waals surface area contributed by atoms with Crippen LogP contribution in [-0.2, 0) is 23.1 Å². The minimum absolute atomic E-state index is 0.0525. The first-order chi connectivity index (χ1) is 13.0. The third kappa shape index (κ3) is 4.71. The minimum Gasteiger partial charge on any atom is -0.309 e. The quantitative estimate of drug-likeness (QED) is 0.580. The highest BCUT2D eigenvalue weighted by atomic mass is 32.2. The van der Waals surface area contributed by atoms with Gasteiger partial charge in [-0.1, -0.05) is 36.8 Å². The van der Waals surface area contributed by atoms with E-state index in [1.165, 1.54) is 12.1 Å². The summed E-state index contributed by atoms with van der Waals surface area (Å²) < 4.78 is 27.5. The molecule has 144 valence electrons. The highest BCUT2D eigenvalue weighted by molar-refractivity contribution is 7.89. The van der Waals surface area contributed by atoms with Crippen LogP contribution in [0.3, 0.4) is 0 Å². The fourth-order valence-electron chi connectivity index (χ4n) is 3.22. The Morgan fingerprint density at radius 3 is 2.30 bits per heavy atom. The lowest BCUT2D eigenvalue weighted by atomic mass is 10.2. The Morgan fingerprint density at radius 2 is 1.63 bits per heavy atom. The van der Waals surface area contributed by atoms with Crippen molar-refractivity contribution in [3.05, 3.63) is 69.8 Å². The maximum absolute atomic E-state index is 13.0. The van der Waals surface area contributed by atoms with Crippen LogP contribution < -0.4 is 5.32 Å². The van der Waals surface area contributed by atoms with Gasteiger partial charge in [-0.15, -0.1) is 0 Å². The van der Waals surface area contributed by atoms with E-state index >= 15 is 0 Å². The molecule has 0 amide bonds. The molecule has 0 saturated carbocycles. The van der Waals surface area contributed by atoms with Crippen LogP contribution in [0.15, 0.2) is 53.4 Å². The summed E-state index contributed by atoms with van der Waals surface area (Å²) in [6.45, 7) is 2.05. The molecule has 0 unspecified atom stereocenters. The van der Waals surface area contributed by atoms with E-state index in [1.54, 1.807) is 28.6 Å². The molecule has 7 nitrogen and oxygen atoms in total. The molecule has 2 aromatic carbocycles. The molecule has 0 bridgehead atoms. The number of sulfonamides is 1. The van der Waals surface area contributed by atoms with Crippen molar-refractivity contribution in [3.63, 3.8) is 0 Å². The van der Waals surface area contributed by atoms with E-state index < -0.39 is 14.9 Å². The Balaban J connectivity index is 1.68. The zero-order chi connectivity index (χ0) is 19.3. The first-order valence-corrected chi connectivity index (χ1v) is 10.4. The van der Waals surface area contributed by atoms with Crippen molar-refractivity contribution in [2.75, 3.05) is 13.1 Å². The second-order valence-corrected chi connectivity index (χ2v) is 8.51. The molecular weight excluding hydrogens is 366 g/mol. The number of rotatable bonds is 7. The minimum atomic E-state index is -3.48. The molecule has 0 aliphatic carbocycles. The molecule has 1 fully saturated rings. The van der Waals surface area contributed by atoms with E-state index in [2.05, 4.69) is 5.32 Å². The molecule has 27 heavy (non-hydrogen) atoms. The number of hydrogen-bond donors (Lipinski definition) is 1. The first kappa shape index (κ1) is 19.5. The van der Waals surface area contributed by atoms with E-state index in [4.69, 9.17) is 0 Å². The van der Waals surface area contributed by atoms with Crippen molar-refractivity contribution in [1.82, 2.24) is 9.62 Å². The molecule has 0 spiro atoms. The van der Waals surface area contributed by atoms with Crippen LogP contribution in [0.5, 0.6) is 0 Å². The average molecular weight is 389 g/mol. The molecule has 1 aliphatic rings. The normalized spacial score (nSPS) is 15.6. The van der Waals surface area contributed by atoms with Crippen molar-refractivity contribution in [1.29, 1.82) is 0 Å². The maximum Gasteiger partial charge on any atom is 0.269 e. The van der Waals surface area contributed by atoms with Gasteiger partial charge in [0, 0.05) is 38.3 Å². The van der Waals surface area contributed by atoms with Crippen LogP contribution in [0.4, 0.5) is 5.69 Å². The van der Waals surface area contributed by atoms with E-state index in [0.29, 0.717) is 31.1 Å². The van der Waals surface area contributed by atoms with Crippen molar-refractivity contribution in [2.24, 2.45) is 0 Å². The molecule has 2 aromatic rings. The Labute approximate surface area is 159 Å². The number of benzene rings is 2. The fraction of sp³-hybridized carbons (Fsp3) is 0.368. The van der Waals surface area contributed by atoms with Gasteiger partial charge < -0.3 is 5.32 Å². The lowest BCUT2D eigenvalue weighted by Crippen LogP contribution is -2.36. The van der Waals surface area contributed by atoms with Crippen LogP contribution in [0.2, 0.25) is 0 Å². The number of nitro groups is 1. The van der Waals surface area contributed by atoms with Gasteiger partial charge in [-0.3, -0.25) is 10.1 Å². The average Bonchev–Trinajstić information content (AvgIpc) is 2.69. The van der Waals surface area contributed by atoms with E-state index in [0.717, 1.165) is 30.4 Å². The van der Waals surface area contributed by atoms with Gasteiger partial charge in [-0.05, 0) is 30.0 Å². The summed E-state index contributed by atoms with van der Waals surface area (Å²) in [5, 5.41) is 13.9. The molecule has 1 heterocycles. The molecule has 1 aliphatic heterocycles. The second-order valence-electron chi connectivity index (χ2n) is 6.60. The van der Waals surface area contributed by atoms with Gasteiger partial charge in [0.1, 0.15) is 0 Å². The SMILES string of the molecule is O=[N+]([O-])c1ccc(CNCc2ccccc2S(=O)(=O)N2CCCCC2)cc1. The lowest BCUT2D eigenvalue weighted by Gasteiger charge is -2.26. The number of piperidine rings is 1. The van der Waals surface area contributed by atoms with Crippen LogP contribution in [-0.4, -0.2) is 30.7 Å². The maximum atomic E-state index is 13.0. The van der Waals surface area contributed by atoms with Gasteiger partial charge in [0.2, 0.25) is 10.0 Å². The third-order valence-electron chi connectivity index (χ3n) is 4.70. The Morgan fingerprint density at radius 1 is 0.963 bits per heavy atom. The van der Waals surface area contributed by atoms with E-state index in [1.807, 2.05) is 12.1 Å². The molecular formula is C19H23N3O4S.